The Kier molecular flexibility index (Phi) is 15.5. The van der Waals surface area contributed by atoms with Gasteiger partial charge in [-0.3, -0.25) is 0 Å². The Balaban J connectivity index is 1.86. The van der Waals surface area contributed by atoms with Gasteiger partial charge in [-0.25, -0.2) is 0 Å². The predicted molar refractivity (Wildman–Crippen MR) is 164 cm³/mol. The smallest absolute Gasteiger partial charge is 0.399 e. The Morgan fingerprint density at radius 3 is 1.16 bits per heavy atom. The lowest BCUT2D eigenvalue weighted by atomic mass is 9.76. The first-order chi connectivity index (χ1) is 17.8. The van der Waals surface area contributed by atoms with Gasteiger partial charge in [0.1, 0.15) is 0 Å². The number of aryl methyl sites for hydroxylation is 2. The third-order valence-electron chi connectivity index (χ3n) is 8.74. The SMILES string of the molecule is CCCCCCCCCCCc1cc(CCCCCCCCCCC)cc(B2OC(C)(C)C(C)(C)O2)c1. The van der Waals surface area contributed by atoms with E-state index in [2.05, 4.69) is 59.7 Å². The van der Waals surface area contributed by atoms with Crippen LogP contribution in [0.15, 0.2) is 18.2 Å². The monoisotopic (exact) mass is 512 g/mol. The standard InChI is InChI=1S/C34H61BO2/c1-7-9-11-13-15-17-19-21-23-25-30-27-31(26-24-22-20-18-16-14-12-10-8-2)29-32(28-30)35-36-33(3,4)34(5,6)37-35/h27-29H,7-26H2,1-6H3. The number of hydrogen-bond acceptors (Lipinski definition) is 2. The first kappa shape index (κ1) is 32.4. The van der Waals surface area contributed by atoms with Crippen LogP contribution in [0.5, 0.6) is 0 Å². The summed E-state index contributed by atoms with van der Waals surface area (Å²) in [5, 5.41) is 0. The van der Waals surface area contributed by atoms with Gasteiger partial charge < -0.3 is 9.31 Å². The van der Waals surface area contributed by atoms with Crippen molar-refractivity contribution < 1.29 is 9.31 Å². The molecule has 0 bridgehead atoms. The second-order valence-electron chi connectivity index (χ2n) is 12.8. The van der Waals surface area contributed by atoms with Crippen molar-refractivity contribution in [2.45, 2.75) is 181 Å². The fraction of sp³-hybridized carbons (Fsp3) is 0.824. The van der Waals surface area contributed by atoms with Crippen LogP contribution in [0.3, 0.4) is 0 Å². The number of rotatable bonds is 21. The van der Waals surface area contributed by atoms with Crippen molar-refractivity contribution in [2.24, 2.45) is 0 Å². The zero-order chi connectivity index (χ0) is 27.0. The van der Waals surface area contributed by atoms with E-state index in [0.717, 1.165) is 0 Å². The first-order valence-electron chi connectivity index (χ1n) is 16.3. The number of unbranched alkanes of at least 4 members (excludes halogenated alkanes) is 16. The van der Waals surface area contributed by atoms with Gasteiger partial charge in [0, 0.05) is 0 Å². The average molecular weight is 513 g/mol. The van der Waals surface area contributed by atoms with E-state index >= 15 is 0 Å². The highest BCUT2D eigenvalue weighted by Crippen LogP contribution is 2.36. The molecule has 1 fully saturated rings. The Morgan fingerprint density at radius 1 is 0.486 bits per heavy atom. The summed E-state index contributed by atoms with van der Waals surface area (Å²) in [5.41, 5.74) is 3.59. The van der Waals surface area contributed by atoms with Gasteiger partial charge in [0.05, 0.1) is 11.2 Å². The summed E-state index contributed by atoms with van der Waals surface area (Å²) < 4.78 is 12.9. The molecule has 1 aliphatic rings. The molecule has 0 amide bonds. The molecule has 0 aliphatic carbocycles. The molecule has 0 atom stereocenters. The van der Waals surface area contributed by atoms with Gasteiger partial charge >= 0.3 is 7.12 Å². The van der Waals surface area contributed by atoms with Crippen LogP contribution in [0.2, 0.25) is 0 Å². The van der Waals surface area contributed by atoms with E-state index in [1.165, 1.54) is 145 Å². The number of hydrogen-bond donors (Lipinski definition) is 0. The van der Waals surface area contributed by atoms with Crippen molar-refractivity contribution in [3.63, 3.8) is 0 Å². The van der Waals surface area contributed by atoms with Crippen LogP contribution in [0, 0.1) is 0 Å². The second kappa shape index (κ2) is 17.7. The van der Waals surface area contributed by atoms with Crippen molar-refractivity contribution in [1.82, 2.24) is 0 Å². The maximum Gasteiger partial charge on any atom is 0.494 e. The van der Waals surface area contributed by atoms with Crippen LogP contribution < -0.4 is 5.46 Å². The summed E-state index contributed by atoms with van der Waals surface area (Å²) in [4.78, 5) is 0. The Bertz CT molecular complexity index is 670. The van der Waals surface area contributed by atoms with Gasteiger partial charge in [0.2, 0.25) is 0 Å². The molecule has 0 spiro atoms. The fourth-order valence-electron chi connectivity index (χ4n) is 5.47. The van der Waals surface area contributed by atoms with Crippen molar-refractivity contribution >= 4 is 12.6 Å². The molecule has 1 aromatic rings. The highest BCUT2D eigenvalue weighted by atomic mass is 16.7. The van der Waals surface area contributed by atoms with E-state index in [1.54, 1.807) is 0 Å². The molecular formula is C34H61BO2. The fourth-order valence-corrected chi connectivity index (χ4v) is 5.47. The molecule has 0 radical (unpaired) electrons. The van der Waals surface area contributed by atoms with E-state index in [1.807, 2.05) is 0 Å². The van der Waals surface area contributed by atoms with E-state index < -0.39 is 0 Å². The summed E-state index contributed by atoms with van der Waals surface area (Å²) in [7, 11) is -0.255. The minimum atomic E-state index is -0.290. The molecule has 0 saturated carbocycles. The molecule has 2 rings (SSSR count). The Hall–Kier alpha value is -0.795. The molecule has 2 nitrogen and oxygen atoms in total. The van der Waals surface area contributed by atoms with Crippen LogP contribution in [-0.2, 0) is 22.2 Å². The molecular weight excluding hydrogens is 451 g/mol. The molecule has 1 aliphatic heterocycles. The van der Waals surface area contributed by atoms with Gasteiger partial charge in [-0.05, 0) is 70.0 Å². The molecule has 0 N–H and O–H groups in total. The van der Waals surface area contributed by atoms with Crippen LogP contribution in [-0.4, -0.2) is 18.3 Å². The maximum absolute atomic E-state index is 6.43. The summed E-state index contributed by atoms with van der Waals surface area (Å²) in [6.45, 7) is 13.2. The summed E-state index contributed by atoms with van der Waals surface area (Å²) in [6, 6.07) is 7.21. The molecule has 0 aromatic heterocycles. The van der Waals surface area contributed by atoms with Crippen LogP contribution in [0.25, 0.3) is 0 Å². The van der Waals surface area contributed by atoms with Crippen molar-refractivity contribution in [2.75, 3.05) is 0 Å². The molecule has 1 heterocycles. The summed E-state index contributed by atoms with van der Waals surface area (Å²) >= 11 is 0. The average Bonchev–Trinajstić information content (AvgIpc) is 3.08. The van der Waals surface area contributed by atoms with Crippen LogP contribution in [0.4, 0.5) is 0 Å². The van der Waals surface area contributed by atoms with Crippen molar-refractivity contribution in [3.8, 4) is 0 Å². The largest absolute Gasteiger partial charge is 0.494 e. The highest BCUT2D eigenvalue weighted by Gasteiger charge is 2.51. The van der Waals surface area contributed by atoms with E-state index in [0.29, 0.717) is 0 Å². The third kappa shape index (κ3) is 12.3. The predicted octanol–water partition coefficient (Wildman–Crippen LogP) is 10.1. The van der Waals surface area contributed by atoms with E-state index in [9.17, 15) is 0 Å². The second-order valence-corrected chi connectivity index (χ2v) is 12.8. The van der Waals surface area contributed by atoms with E-state index in [4.69, 9.17) is 9.31 Å². The van der Waals surface area contributed by atoms with Crippen LogP contribution in [0.1, 0.15) is 168 Å². The molecule has 212 valence electrons. The molecule has 0 unspecified atom stereocenters. The minimum absolute atomic E-state index is 0.255. The lowest BCUT2D eigenvalue weighted by molar-refractivity contribution is 0.00578. The normalized spacial score (nSPS) is 16.5. The minimum Gasteiger partial charge on any atom is -0.399 e. The zero-order valence-corrected chi connectivity index (χ0v) is 25.8. The van der Waals surface area contributed by atoms with Gasteiger partial charge in [-0.2, -0.15) is 0 Å². The van der Waals surface area contributed by atoms with Gasteiger partial charge in [-0.15, -0.1) is 0 Å². The molecule has 37 heavy (non-hydrogen) atoms. The number of benzene rings is 1. The van der Waals surface area contributed by atoms with Crippen molar-refractivity contribution in [1.29, 1.82) is 0 Å². The maximum atomic E-state index is 6.43. The van der Waals surface area contributed by atoms with Gasteiger partial charge in [0.25, 0.3) is 0 Å². The van der Waals surface area contributed by atoms with E-state index in [-0.39, 0.29) is 18.3 Å². The summed E-state index contributed by atoms with van der Waals surface area (Å²) in [6.07, 6.45) is 27.2. The Labute approximate surface area is 232 Å². The zero-order valence-electron chi connectivity index (χ0n) is 25.8. The lowest BCUT2D eigenvalue weighted by Gasteiger charge is -2.32. The van der Waals surface area contributed by atoms with Crippen molar-refractivity contribution in [3.05, 3.63) is 29.3 Å². The molecule has 3 heteroatoms. The summed E-state index contributed by atoms with van der Waals surface area (Å²) in [5.74, 6) is 0. The lowest BCUT2D eigenvalue weighted by Crippen LogP contribution is -2.41. The molecule has 1 saturated heterocycles. The topological polar surface area (TPSA) is 18.5 Å². The van der Waals surface area contributed by atoms with Crippen LogP contribution >= 0.6 is 0 Å². The quantitative estimate of drug-likeness (QED) is 0.120. The van der Waals surface area contributed by atoms with Gasteiger partial charge in [-0.1, -0.05) is 135 Å². The van der Waals surface area contributed by atoms with Gasteiger partial charge in [0.15, 0.2) is 0 Å². The highest BCUT2D eigenvalue weighted by molar-refractivity contribution is 6.62. The third-order valence-corrected chi connectivity index (χ3v) is 8.74. The molecule has 1 aromatic carbocycles. The Morgan fingerprint density at radius 2 is 0.811 bits per heavy atom. The first-order valence-corrected chi connectivity index (χ1v) is 16.3.